The van der Waals surface area contributed by atoms with Crippen molar-refractivity contribution in [2.45, 2.75) is 13.3 Å². The van der Waals surface area contributed by atoms with Crippen molar-refractivity contribution in [2.75, 3.05) is 44.6 Å². The predicted molar refractivity (Wildman–Crippen MR) is 75.8 cm³/mol. The number of hydrogen-bond donors (Lipinski definition) is 2. The zero-order valence-electron chi connectivity index (χ0n) is 11.8. The van der Waals surface area contributed by atoms with Gasteiger partial charge in [0.15, 0.2) is 0 Å². The first kappa shape index (κ1) is 14.5. The molecule has 7 nitrogen and oxygen atoms in total. The first-order valence-corrected chi connectivity index (χ1v) is 6.97. The summed E-state index contributed by atoms with van der Waals surface area (Å²) < 4.78 is 5.40. The highest BCUT2D eigenvalue weighted by Crippen LogP contribution is 2.09. The van der Waals surface area contributed by atoms with E-state index >= 15 is 0 Å². The van der Waals surface area contributed by atoms with E-state index in [0.717, 1.165) is 32.6 Å². The molecule has 0 spiro atoms. The van der Waals surface area contributed by atoms with Gasteiger partial charge in [0.1, 0.15) is 5.82 Å². The zero-order valence-corrected chi connectivity index (χ0v) is 11.8. The van der Waals surface area contributed by atoms with E-state index in [0.29, 0.717) is 18.3 Å². The molecule has 2 rings (SSSR count). The van der Waals surface area contributed by atoms with Crippen LogP contribution in [0.4, 0.5) is 5.82 Å². The van der Waals surface area contributed by atoms with Crippen LogP contribution in [0.3, 0.4) is 0 Å². The molecular formula is C13H21N5O2. The van der Waals surface area contributed by atoms with Crippen LogP contribution in [-0.2, 0) is 4.79 Å². The Bertz CT molecular complexity index is 435. The monoisotopic (exact) mass is 279 g/mol. The van der Waals surface area contributed by atoms with Gasteiger partial charge in [-0.3, -0.25) is 9.78 Å². The second-order valence-corrected chi connectivity index (χ2v) is 4.58. The summed E-state index contributed by atoms with van der Waals surface area (Å²) in [5.74, 6) is 1.11. The normalized spacial score (nSPS) is 14.9. The number of rotatable bonds is 6. The lowest BCUT2D eigenvalue weighted by Gasteiger charge is -2.27. The van der Waals surface area contributed by atoms with Gasteiger partial charge in [0.05, 0.1) is 25.5 Å². The van der Waals surface area contributed by atoms with E-state index in [4.69, 9.17) is 4.74 Å². The highest BCUT2D eigenvalue weighted by molar-refractivity contribution is 5.80. The Morgan fingerprint density at radius 2 is 2.25 bits per heavy atom. The third-order valence-electron chi connectivity index (χ3n) is 2.96. The second kappa shape index (κ2) is 7.64. The van der Waals surface area contributed by atoms with Crippen molar-refractivity contribution in [2.24, 2.45) is 0 Å². The largest absolute Gasteiger partial charge is 0.477 e. The number of carbonyl (C=O) groups is 1. The molecule has 20 heavy (non-hydrogen) atoms. The van der Waals surface area contributed by atoms with Crippen molar-refractivity contribution < 1.29 is 9.53 Å². The van der Waals surface area contributed by atoms with Crippen LogP contribution in [0.2, 0.25) is 0 Å². The summed E-state index contributed by atoms with van der Waals surface area (Å²) in [4.78, 5) is 22.1. The van der Waals surface area contributed by atoms with Gasteiger partial charge in [-0.15, -0.1) is 0 Å². The van der Waals surface area contributed by atoms with Crippen molar-refractivity contribution in [1.82, 2.24) is 20.2 Å². The van der Waals surface area contributed by atoms with Gasteiger partial charge in [-0.1, -0.05) is 6.92 Å². The van der Waals surface area contributed by atoms with E-state index in [2.05, 4.69) is 20.6 Å². The molecule has 7 heteroatoms. The smallest absolute Gasteiger partial charge is 0.242 e. The molecule has 1 fully saturated rings. The molecule has 1 aromatic heterocycles. The number of aromatic nitrogens is 2. The molecule has 0 aromatic carbocycles. The van der Waals surface area contributed by atoms with Crippen molar-refractivity contribution in [3.05, 3.63) is 12.4 Å². The van der Waals surface area contributed by atoms with Gasteiger partial charge in [0, 0.05) is 26.2 Å². The van der Waals surface area contributed by atoms with Crippen LogP contribution in [-0.4, -0.2) is 60.1 Å². The Morgan fingerprint density at radius 1 is 1.45 bits per heavy atom. The average molecular weight is 279 g/mol. The topological polar surface area (TPSA) is 79.4 Å². The van der Waals surface area contributed by atoms with Crippen LogP contribution in [0.5, 0.6) is 5.88 Å². The fraction of sp³-hybridized carbons (Fsp3) is 0.615. The summed E-state index contributed by atoms with van der Waals surface area (Å²) >= 11 is 0. The van der Waals surface area contributed by atoms with Crippen LogP contribution in [0.25, 0.3) is 0 Å². The first-order valence-electron chi connectivity index (χ1n) is 6.97. The summed E-state index contributed by atoms with van der Waals surface area (Å²) in [7, 11) is 0. The number of carbonyl (C=O) groups excluding carboxylic acids is 1. The minimum absolute atomic E-state index is 0.0770. The third kappa shape index (κ3) is 4.34. The summed E-state index contributed by atoms with van der Waals surface area (Å²) in [5, 5.41) is 6.21. The standard InChI is InChI=1S/C13H21N5O2/c1-2-7-20-12-9-15-8-11(17-12)16-10-13(19)18-5-3-14-4-6-18/h8-9,14H,2-7,10H2,1H3,(H,16,17). The van der Waals surface area contributed by atoms with Crippen LogP contribution in [0.15, 0.2) is 12.4 Å². The van der Waals surface area contributed by atoms with Crippen molar-refractivity contribution in [1.29, 1.82) is 0 Å². The molecule has 0 radical (unpaired) electrons. The summed E-state index contributed by atoms with van der Waals surface area (Å²) in [5.41, 5.74) is 0. The van der Waals surface area contributed by atoms with Gasteiger partial charge < -0.3 is 20.3 Å². The molecule has 0 saturated carbocycles. The Hall–Kier alpha value is -1.89. The zero-order chi connectivity index (χ0) is 14.2. The maximum absolute atomic E-state index is 12.0. The van der Waals surface area contributed by atoms with Gasteiger partial charge in [0.25, 0.3) is 0 Å². The molecule has 1 aliphatic rings. The van der Waals surface area contributed by atoms with Crippen LogP contribution in [0, 0.1) is 0 Å². The Labute approximate surface area is 118 Å². The van der Waals surface area contributed by atoms with Gasteiger partial charge >= 0.3 is 0 Å². The maximum atomic E-state index is 12.0. The maximum Gasteiger partial charge on any atom is 0.242 e. The summed E-state index contributed by atoms with van der Waals surface area (Å²) in [6.07, 6.45) is 4.07. The highest BCUT2D eigenvalue weighted by atomic mass is 16.5. The first-order chi connectivity index (χ1) is 9.79. The summed E-state index contributed by atoms with van der Waals surface area (Å²) in [6.45, 7) is 6.08. The molecular weight excluding hydrogens is 258 g/mol. The van der Waals surface area contributed by atoms with Crippen LogP contribution >= 0.6 is 0 Å². The third-order valence-corrected chi connectivity index (χ3v) is 2.96. The molecule has 2 heterocycles. The fourth-order valence-electron chi connectivity index (χ4n) is 1.90. The minimum Gasteiger partial charge on any atom is -0.477 e. The fourth-order valence-corrected chi connectivity index (χ4v) is 1.90. The van der Waals surface area contributed by atoms with E-state index in [1.165, 1.54) is 0 Å². The van der Waals surface area contributed by atoms with Crippen molar-refractivity contribution in [3.63, 3.8) is 0 Å². The van der Waals surface area contributed by atoms with E-state index in [1.54, 1.807) is 12.4 Å². The van der Waals surface area contributed by atoms with E-state index < -0.39 is 0 Å². The average Bonchev–Trinajstić information content (AvgIpc) is 2.52. The van der Waals surface area contributed by atoms with Crippen LogP contribution < -0.4 is 15.4 Å². The second-order valence-electron chi connectivity index (χ2n) is 4.58. The quantitative estimate of drug-likeness (QED) is 0.769. The lowest BCUT2D eigenvalue weighted by molar-refractivity contribution is -0.129. The number of anilines is 1. The Balaban J connectivity index is 1.82. The number of ether oxygens (including phenoxy) is 1. The molecule has 1 amide bonds. The van der Waals surface area contributed by atoms with Gasteiger partial charge in [-0.2, -0.15) is 4.98 Å². The lowest BCUT2D eigenvalue weighted by atomic mass is 10.3. The van der Waals surface area contributed by atoms with Crippen LogP contribution in [0.1, 0.15) is 13.3 Å². The number of amides is 1. The molecule has 1 aliphatic heterocycles. The molecule has 0 unspecified atom stereocenters. The SMILES string of the molecule is CCCOc1cncc(NCC(=O)N2CCNCC2)n1. The molecule has 2 N–H and O–H groups in total. The van der Waals surface area contributed by atoms with E-state index in [-0.39, 0.29) is 12.5 Å². The Kier molecular flexibility index (Phi) is 5.55. The molecule has 110 valence electrons. The van der Waals surface area contributed by atoms with Gasteiger partial charge in [-0.05, 0) is 6.42 Å². The molecule has 1 saturated heterocycles. The molecule has 0 atom stereocenters. The number of nitrogens with one attached hydrogen (secondary N) is 2. The van der Waals surface area contributed by atoms with E-state index in [1.807, 2.05) is 11.8 Å². The van der Waals surface area contributed by atoms with Crippen molar-refractivity contribution >= 4 is 11.7 Å². The van der Waals surface area contributed by atoms with Crippen molar-refractivity contribution in [3.8, 4) is 5.88 Å². The number of nitrogens with zero attached hydrogens (tertiary/aromatic N) is 3. The molecule has 0 bridgehead atoms. The molecule has 1 aromatic rings. The van der Waals surface area contributed by atoms with Gasteiger partial charge in [0.2, 0.25) is 11.8 Å². The number of hydrogen-bond acceptors (Lipinski definition) is 6. The lowest BCUT2D eigenvalue weighted by Crippen LogP contribution is -2.48. The summed E-state index contributed by atoms with van der Waals surface area (Å²) in [6, 6.07) is 0. The Morgan fingerprint density at radius 3 is 3.00 bits per heavy atom. The molecule has 0 aliphatic carbocycles. The predicted octanol–water partition coefficient (Wildman–Crippen LogP) is 0.109. The minimum atomic E-state index is 0.0770. The van der Waals surface area contributed by atoms with E-state index in [9.17, 15) is 4.79 Å². The number of piperazine rings is 1. The van der Waals surface area contributed by atoms with Gasteiger partial charge in [-0.25, -0.2) is 0 Å². The highest BCUT2D eigenvalue weighted by Gasteiger charge is 2.15.